The number of hydrogen-bond acceptors (Lipinski definition) is 6. The summed E-state index contributed by atoms with van der Waals surface area (Å²) < 4.78 is 0. The number of rotatable bonds is 8. The van der Waals surface area contributed by atoms with Gasteiger partial charge in [-0.05, 0) is 48.9 Å². The molecule has 1 N–H and O–H groups in total. The molecule has 3 heterocycles. The van der Waals surface area contributed by atoms with Gasteiger partial charge < -0.3 is 5.32 Å². The van der Waals surface area contributed by atoms with Crippen molar-refractivity contribution in [2.75, 3.05) is 0 Å². The lowest BCUT2D eigenvalue weighted by molar-refractivity contribution is 0.0951. The number of thiazole rings is 1. The molecular formula is C28H27Cl2N5OS. The van der Waals surface area contributed by atoms with Crippen molar-refractivity contribution in [2.24, 2.45) is 0 Å². The number of pyridine rings is 2. The number of aryl methyl sites for hydroxylation is 2. The largest absolute Gasteiger partial charge is 0.348 e. The molecule has 1 amide bonds. The Morgan fingerprint density at radius 2 is 1.86 bits per heavy atom. The second-order valence-corrected chi connectivity index (χ2v) is 11.0. The number of nitrogens with one attached hydrogen (secondary N) is 1. The van der Waals surface area contributed by atoms with E-state index in [4.69, 9.17) is 33.2 Å². The molecule has 1 aromatic carbocycles. The van der Waals surface area contributed by atoms with Crippen LogP contribution in [0.3, 0.4) is 0 Å². The molecule has 1 atom stereocenters. The van der Waals surface area contributed by atoms with E-state index in [-0.39, 0.29) is 27.6 Å². The van der Waals surface area contributed by atoms with E-state index in [2.05, 4.69) is 38.8 Å². The SMILES string of the molecule is Cc1csc(CN(Cc2ccc(CNC(=O)c3c(Cl)cncc3Cl)cc2)C2CCCc3cccnc32)n1. The van der Waals surface area contributed by atoms with E-state index in [0.29, 0.717) is 6.54 Å². The first kappa shape index (κ1) is 25.8. The quantitative estimate of drug-likeness (QED) is 0.268. The Kier molecular flexibility index (Phi) is 8.15. The molecule has 190 valence electrons. The highest BCUT2D eigenvalue weighted by molar-refractivity contribution is 7.09. The van der Waals surface area contributed by atoms with Crippen LogP contribution in [0.4, 0.5) is 0 Å². The Balaban J connectivity index is 1.30. The van der Waals surface area contributed by atoms with Gasteiger partial charge in [-0.2, -0.15) is 0 Å². The molecule has 0 radical (unpaired) electrons. The topological polar surface area (TPSA) is 71.0 Å². The van der Waals surface area contributed by atoms with E-state index >= 15 is 0 Å². The van der Waals surface area contributed by atoms with Gasteiger partial charge in [0.25, 0.3) is 5.91 Å². The molecule has 6 nitrogen and oxygen atoms in total. The summed E-state index contributed by atoms with van der Waals surface area (Å²) in [5, 5.41) is 6.58. The van der Waals surface area contributed by atoms with Gasteiger partial charge in [0.2, 0.25) is 0 Å². The zero-order valence-electron chi connectivity index (χ0n) is 20.5. The van der Waals surface area contributed by atoms with Crippen LogP contribution in [0.15, 0.2) is 60.4 Å². The van der Waals surface area contributed by atoms with Crippen LogP contribution in [0.2, 0.25) is 10.0 Å². The lowest BCUT2D eigenvalue weighted by atomic mass is 9.90. The van der Waals surface area contributed by atoms with E-state index in [0.717, 1.165) is 48.6 Å². The fourth-order valence-electron chi connectivity index (χ4n) is 4.76. The Morgan fingerprint density at radius 1 is 1.11 bits per heavy atom. The average molecular weight is 553 g/mol. The van der Waals surface area contributed by atoms with Crippen molar-refractivity contribution in [1.82, 2.24) is 25.2 Å². The van der Waals surface area contributed by atoms with Crippen LogP contribution in [-0.4, -0.2) is 25.8 Å². The van der Waals surface area contributed by atoms with Crippen molar-refractivity contribution >= 4 is 40.4 Å². The molecule has 3 aromatic heterocycles. The fraction of sp³-hybridized carbons (Fsp3) is 0.286. The Morgan fingerprint density at radius 3 is 2.59 bits per heavy atom. The summed E-state index contributed by atoms with van der Waals surface area (Å²) in [7, 11) is 0. The van der Waals surface area contributed by atoms with E-state index in [1.54, 1.807) is 11.3 Å². The number of halogens is 2. The zero-order valence-corrected chi connectivity index (χ0v) is 22.8. The summed E-state index contributed by atoms with van der Waals surface area (Å²) >= 11 is 13.9. The molecule has 0 fully saturated rings. The highest BCUT2D eigenvalue weighted by Gasteiger charge is 2.28. The Labute approximate surface area is 230 Å². The summed E-state index contributed by atoms with van der Waals surface area (Å²) in [5.41, 5.74) is 6.03. The molecule has 9 heteroatoms. The molecule has 0 aliphatic heterocycles. The molecule has 0 bridgehead atoms. The standard InChI is InChI=1S/C28H27Cl2N5OS/c1-18-17-37-25(34-18)16-35(24-6-2-4-21-5-3-11-32-27(21)24)15-20-9-7-19(8-10-20)12-33-28(36)26-22(29)13-31-14-23(26)30/h3,5,7-11,13-14,17,24H,2,4,6,12,15-16H2,1H3,(H,33,36). The highest BCUT2D eigenvalue weighted by Crippen LogP contribution is 2.35. The lowest BCUT2D eigenvalue weighted by Crippen LogP contribution is -2.31. The molecule has 0 saturated carbocycles. The smallest absolute Gasteiger partial charge is 0.254 e. The van der Waals surface area contributed by atoms with E-state index in [9.17, 15) is 4.79 Å². The second-order valence-electron chi connectivity index (χ2n) is 9.22. The van der Waals surface area contributed by atoms with Gasteiger partial charge >= 0.3 is 0 Å². The molecule has 37 heavy (non-hydrogen) atoms. The second kappa shape index (κ2) is 11.7. The fourth-order valence-corrected chi connectivity index (χ4v) is 6.09. The number of carbonyl (C=O) groups excluding carboxylic acids is 1. The number of fused-ring (bicyclic) bond motifs is 1. The highest BCUT2D eigenvalue weighted by atomic mass is 35.5. The molecule has 1 unspecified atom stereocenters. The molecule has 1 aliphatic carbocycles. The minimum absolute atomic E-state index is 0.231. The van der Waals surface area contributed by atoms with Crippen LogP contribution < -0.4 is 5.32 Å². The number of hydrogen-bond donors (Lipinski definition) is 1. The van der Waals surface area contributed by atoms with Gasteiger partial charge in [0, 0.05) is 42.8 Å². The van der Waals surface area contributed by atoms with Crippen LogP contribution >= 0.6 is 34.5 Å². The number of amides is 1. The van der Waals surface area contributed by atoms with E-state index in [1.165, 1.54) is 29.2 Å². The third-order valence-electron chi connectivity index (χ3n) is 6.55. The average Bonchev–Trinajstić information content (AvgIpc) is 3.32. The molecule has 0 saturated heterocycles. The summed E-state index contributed by atoms with van der Waals surface area (Å²) in [6, 6.07) is 12.8. The van der Waals surface area contributed by atoms with E-state index < -0.39 is 0 Å². The van der Waals surface area contributed by atoms with Gasteiger partial charge in [-0.1, -0.05) is 53.5 Å². The van der Waals surface area contributed by atoms with Gasteiger partial charge in [-0.25, -0.2) is 4.98 Å². The van der Waals surface area contributed by atoms with Crippen LogP contribution in [0, 0.1) is 6.92 Å². The monoisotopic (exact) mass is 551 g/mol. The Hall–Kier alpha value is -2.84. The minimum atomic E-state index is -0.324. The van der Waals surface area contributed by atoms with Crippen molar-refractivity contribution in [2.45, 2.75) is 51.9 Å². The van der Waals surface area contributed by atoms with Crippen molar-refractivity contribution < 1.29 is 4.79 Å². The van der Waals surface area contributed by atoms with Gasteiger partial charge in [0.05, 0.1) is 33.9 Å². The van der Waals surface area contributed by atoms with Crippen molar-refractivity contribution in [3.05, 3.63) is 109 Å². The van der Waals surface area contributed by atoms with Gasteiger partial charge in [0.1, 0.15) is 5.01 Å². The zero-order chi connectivity index (χ0) is 25.8. The molecule has 1 aliphatic rings. The van der Waals surface area contributed by atoms with Crippen molar-refractivity contribution in [3.63, 3.8) is 0 Å². The predicted molar refractivity (Wildman–Crippen MR) is 148 cm³/mol. The normalized spacial score (nSPS) is 15.0. The lowest BCUT2D eigenvalue weighted by Gasteiger charge is -2.34. The predicted octanol–water partition coefficient (Wildman–Crippen LogP) is 6.56. The van der Waals surface area contributed by atoms with Gasteiger partial charge in [-0.3, -0.25) is 19.7 Å². The first-order valence-corrected chi connectivity index (χ1v) is 13.9. The summed E-state index contributed by atoms with van der Waals surface area (Å²) in [6.07, 6.45) is 8.05. The maximum absolute atomic E-state index is 12.6. The van der Waals surface area contributed by atoms with Gasteiger partial charge in [0.15, 0.2) is 0 Å². The summed E-state index contributed by atoms with van der Waals surface area (Å²) in [5.74, 6) is -0.324. The van der Waals surface area contributed by atoms with Crippen LogP contribution in [0.25, 0.3) is 0 Å². The van der Waals surface area contributed by atoms with Crippen LogP contribution in [0.1, 0.15) is 62.3 Å². The molecule has 5 rings (SSSR count). The molecule has 0 spiro atoms. The number of nitrogens with zero attached hydrogens (tertiary/aromatic N) is 4. The third-order valence-corrected chi connectivity index (χ3v) is 8.08. The first-order valence-electron chi connectivity index (χ1n) is 12.2. The van der Waals surface area contributed by atoms with Crippen LogP contribution in [-0.2, 0) is 26.1 Å². The Bertz CT molecular complexity index is 1370. The molecular weight excluding hydrogens is 525 g/mol. The van der Waals surface area contributed by atoms with Crippen molar-refractivity contribution in [3.8, 4) is 0 Å². The maximum Gasteiger partial charge on any atom is 0.254 e. The molecule has 4 aromatic rings. The van der Waals surface area contributed by atoms with Gasteiger partial charge in [-0.15, -0.1) is 11.3 Å². The third kappa shape index (κ3) is 6.18. The number of aromatic nitrogens is 3. The van der Waals surface area contributed by atoms with Crippen LogP contribution in [0.5, 0.6) is 0 Å². The van der Waals surface area contributed by atoms with E-state index in [1.807, 2.05) is 31.3 Å². The summed E-state index contributed by atoms with van der Waals surface area (Å²) in [4.78, 5) is 28.5. The number of carbonyl (C=O) groups is 1. The first-order chi connectivity index (χ1) is 18.0. The summed E-state index contributed by atoms with van der Waals surface area (Å²) in [6.45, 7) is 3.98. The number of benzene rings is 1. The van der Waals surface area contributed by atoms with Crippen molar-refractivity contribution in [1.29, 1.82) is 0 Å². The minimum Gasteiger partial charge on any atom is -0.348 e. The maximum atomic E-state index is 12.6.